The van der Waals surface area contributed by atoms with Crippen LogP contribution in [0.25, 0.3) is 32.0 Å². The molecule has 1 fully saturated rings. The molecule has 0 radical (unpaired) electrons. The quantitative estimate of drug-likeness (QED) is 0.171. The minimum Gasteiger partial charge on any atom is -0.493 e. The second-order valence-electron chi connectivity index (χ2n) is 13.0. The molecule has 50 heavy (non-hydrogen) atoms. The van der Waals surface area contributed by atoms with Crippen LogP contribution >= 0.6 is 11.3 Å². The number of methoxy groups -OCH3 is 1. The van der Waals surface area contributed by atoms with Gasteiger partial charge in [0.1, 0.15) is 11.6 Å². The van der Waals surface area contributed by atoms with Gasteiger partial charge in [0.15, 0.2) is 11.6 Å². The van der Waals surface area contributed by atoms with E-state index in [1.165, 1.54) is 30.6 Å². The second kappa shape index (κ2) is 12.0. The summed E-state index contributed by atoms with van der Waals surface area (Å²) in [6, 6.07) is 13.9. The minimum absolute atomic E-state index is 0.0548. The third-order valence-corrected chi connectivity index (χ3v) is 11.3. The zero-order valence-electron chi connectivity index (χ0n) is 27.4. The Kier molecular flexibility index (Phi) is 7.38. The number of ether oxygens (including phenoxy) is 1. The van der Waals surface area contributed by atoms with Crippen molar-refractivity contribution in [3.05, 3.63) is 106 Å². The molecule has 9 rings (SSSR count). The number of aryl methyl sites for hydroxylation is 3. The molecule has 1 amide bonds. The fourth-order valence-electron chi connectivity index (χ4n) is 7.93. The first kappa shape index (κ1) is 30.8. The van der Waals surface area contributed by atoms with Crippen molar-refractivity contribution in [2.75, 3.05) is 19.0 Å². The minimum atomic E-state index is -0.365. The Morgan fingerprint density at radius 3 is 2.74 bits per heavy atom. The van der Waals surface area contributed by atoms with Gasteiger partial charge < -0.3 is 19.4 Å². The predicted molar refractivity (Wildman–Crippen MR) is 185 cm³/mol. The number of pyridine rings is 2. The maximum Gasteiger partial charge on any atom is 0.257 e. The molecule has 0 spiro atoms. The van der Waals surface area contributed by atoms with E-state index in [1.54, 1.807) is 25.3 Å². The molecule has 1 unspecified atom stereocenters. The number of carbonyl (C=O) groups is 1. The SMILES string of the molecule is COc1c(F)ccc2c1CCC2Nc1nccc2cc(-c3c4c(nc(CCc5ccccc5F)c3-c3nnc(C)o3)[C@H]3CCCN3C4=O)sc12. The summed E-state index contributed by atoms with van der Waals surface area (Å²) < 4.78 is 41.7. The Bertz CT molecular complexity index is 2340. The molecule has 9 nitrogen and oxygen atoms in total. The van der Waals surface area contributed by atoms with Crippen LogP contribution in [0, 0.1) is 18.6 Å². The van der Waals surface area contributed by atoms with Crippen molar-refractivity contribution in [2.45, 2.75) is 57.5 Å². The van der Waals surface area contributed by atoms with E-state index in [1.807, 2.05) is 23.1 Å². The van der Waals surface area contributed by atoms with Crippen molar-refractivity contribution >= 4 is 33.1 Å². The number of nitrogens with zero attached hydrogens (tertiary/aromatic N) is 5. The zero-order valence-corrected chi connectivity index (χ0v) is 28.2. The highest BCUT2D eigenvalue weighted by Crippen LogP contribution is 2.51. The fraction of sp³-hybridized carbons (Fsp3) is 0.289. The predicted octanol–water partition coefficient (Wildman–Crippen LogP) is 8.18. The van der Waals surface area contributed by atoms with Crippen LogP contribution < -0.4 is 10.1 Å². The van der Waals surface area contributed by atoms with Gasteiger partial charge in [-0.15, -0.1) is 21.5 Å². The number of aromatic nitrogens is 4. The lowest BCUT2D eigenvalue weighted by Crippen LogP contribution is -2.22. The van der Waals surface area contributed by atoms with Crippen molar-refractivity contribution in [2.24, 2.45) is 0 Å². The molecule has 2 aromatic carbocycles. The Morgan fingerprint density at radius 1 is 1.04 bits per heavy atom. The van der Waals surface area contributed by atoms with Gasteiger partial charge in [-0.1, -0.05) is 24.3 Å². The number of nitrogens with one attached hydrogen (secondary N) is 1. The number of benzene rings is 2. The van der Waals surface area contributed by atoms with Crippen LogP contribution in [0.3, 0.4) is 0 Å². The molecular formula is C38H32F2N6O3S. The lowest BCUT2D eigenvalue weighted by atomic mass is 9.93. The van der Waals surface area contributed by atoms with Gasteiger partial charge >= 0.3 is 0 Å². The van der Waals surface area contributed by atoms with E-state index in [9.17, 15) is 13.6 Å². The molecule has 1 N–H and O–H groups in total. The van der Waals surface area contributed by atoms with Crippen LogP contribution in [0.4, 0.5) is 14.6 Å². The summed E-state index contributed by atoms with van der Waals surface area (Å²) in [5, 5.41) is 13.2. The summed E-state index contributed by atoms with van der Waals surface area (Å²) in [6.45, 7) is 2.40. The number of fused-ring (bicyclic) bond motifs is 5. The molecule has 0 saturated carbocycles. The molecule has 1 aliphatic carbocycles. The van der Waals surface area contributed by atoms with Crippen LogP contribution in [-0.2, 0) is 19.3 Å². The molecule has 4 aromatic heterocycles. The molecular weight excluding hydrogens is 659 g/mol. The van der Waals surface area contributed by atoms with E-state index in [-0.39, 0.29) is 35.5 Å². The molecule has 2 atom stereocenters. The molecule has 2 aliphatic heterocycles. The number of rotatable bonds is 8. The van der Waals surface area contributed by atoms with Crippen molar-refractivity contribution in [3.63, 3.8) is 0 Å². The first-order valence-corrected chi connectivity index (χ1v) is 17.6. The lowest BCUT2D eigenvalue weighted by Gasteiger charge is -2.16. The van der Waals surface area contributed by atoms with Crippen molar-refractivity contribution in [1.29, 1.82) is 0 Å². The normalized spacial score (nSPS) is 17.8. The summed E-state index contributed by atoms with van der Waals surface area (Å²) in [7, 11) is 1.49. The average molecular weight is 691 g/mol. The maximum atomic E-state index is 14.8. The molecule has 12 heteroatoms. The van der Waals surface area contributed by atoms with E-state index in [0.29, 0.717) is 71.2 Å². The summed E-state index contributed by atoms with van der Waals surface area (Å²) in [5.74, 6) is 0.964. The third-order valence-electron chi connectivity index (χ3n) is 10.2. The van der Waals surface area contributed by atoms with Gasteiger partial charge in [0, 0.05) is 35.7 Å². The van der Waals surface area contributed by atoms with E-state index in [4.69, 9.17) is 19.1 Å². The maximum absolute atomic E-state index is 14.8. The molecule has 6 heterocycles. The standard InChI is InChI=1S/C38H32F2N6O3S/c1-19-44-45-37(49-19)30-27(13-9-20-6-3-4-7-24(20)39)42-33-28-8-5-17-46(28)38(47)32(33)31(30)29-18-21-15-16-41-36(35(21)50-29)43-26-14-11-23-22(26)10-12-25(40)34(23)48-2/h3-4,6-7,10,12,15-16,18,26,28H,5,8-9,11,13-14,17H2,1-2H3,(H,41,43)/t26?,28-/m1/s1. The Hall–Kier alpha value is -5.23. The third kappa shape index (κ3) is 4.87. The zero-order chi connectivity index (χ0) is 34.1. The smallest absolute Gasteiger partial charge is 0.257 e. The van der Waals surface area contributed by atoms with E-state index < -0.39 is 0 Å². The molecule has 1 saturated heterocycles. The Labute approximate surface area is 290 Å². The number of anilines is 1. The highest BCUT2D eigenvalue weighted by molar-refractivity contribution is 7.23. The summed E-state index contributed by atoms with van der Waals surface area (Å²) in [5.41, 5.74) is 5.75. The number of hydrogen-bond acceptors (Lipinski definition) is 9. The van der Waals surface area contributed by atoms with Crippen molar-refractivity contribution < 1.29 is 22.7 Å². The van der Waals surface area contributed by atoms with Gasteiger partial charge in [0.25, 0.3) is 5.91 Å². The van der Waals surface area contributed by atoms with Gasteiger partial charge in [0.05, 0.1) is 46.4 Å². The first-order chi connectivity index (χ1) is 24.4. The van der Waals surface area contributed by atoms with Crippen molar-refractivity contribution in [1.82, 2.24) is 25.1 Å². The monoisotopic (exact) mass is 690 g/mol. The Morgan fingerprint density at radius 2 is 1.92 bits per heavy atom. The number of carbonyl (C=O) groups excluding carboxylic acids is 1. The first-order valence-electron chi connectivity index (χ1n) is 16.8. The largest absolute Gasteiger partial charge is 0.493 e. The number of thiophene rings is 1. The van der Waals surface area contributed by atoms with Crippen molar-refractivity contribution in [3.8, 4) is 27.6 Å². The van der Waals surface area contributed by atoms with Crippen LogP contribution in [-0.4, -0.2) is 44.6 Å². The van der Waals surface area contributed by atoms with Gasteiger partial charge in [-0.05, 0) is 79.3 Å². The highest BCUT2D eigenvalue weighted by Gasteiger charge is 2.45. The average Bonchev–Trinajstić information content (AvgIpc) is 3.95. The van der Waals surface area contributed by atoms with Gasteiger partial charge in [0.2, 0.25) is 11.8 Å². The van der Waals surface area contributed by atoms with E-state index in [0.717, 1.165) is 51.0 Å². The number of amides is 1. The molecule has 6 aromatic rings. The van der Waals surface area contributed by atoms with Gasteiger partial charge in [-0.25, -0.2) is 13.8 Å². The van der Waals surface area contributed by atoms with Gasteiger partial charge in [-0.2, -0.15) is 0 Å². The Balaban J connectivity index is 1.20. The molecule has 3 aliphatic rings. The summed E-state index contributed by atoms with van der Waals surface area (Å²) in [6.07, 6.45) is 5.77. The molecule has 0 bridgehead atoms. The van der Waals surface area contributed by atoms with Crippen LogP contribution in [0.1, 0.15) is 75.7 Å². The lowest BCUT2D eigenvalue weighted by molar-refractivity contribution is 0.0776. The van der Waals surface area contributed by atoms with Crippen LogP contribution in [0.15, 0.2) is 59.1 Å². The summed E-state index contributed by atoms with van der Waals surface area (Å²) in [4.78, 5) is 26.9. The number of hydrogen-bond donors (Lipinski definition) is 1. The summed E-state index contributed by atoms with van der Waals surface area (Å²) >= 11 is 1.53. The fourth-order valence-corrected chi connectivity index (χ4v) is 9.09. The second-order valence-corrected chi connectivity index (χ2v) is 14.1. The van der Waals surface area contributed by atoms with Crippen LogP contribution in [0.2, 0.25) is 0 Å². The number of halogens is 2. The van der Waals surface area contributed by atoms with Gasteiger partial charge in [-0.3, -0.25) is 9.78 Å². The van der Waals surface area contributed by atoms with E-state index >= 15 is 0 Å². The van der Waals surface area contributed by atoms with E-state index in [2.05, 4.69) is 21.6 Å². The molecule has 252 valence electrons. The topological polar surface area (TPSA) is 106 Å². The highest BCUT2D eigenvalue weighted by atomic mass is 32.1. The van der Waals surface area contributed by atoms with Crippen LogP contribution in [0.5, 0.6) is 5.75 Å².